The summed E-state index contributed by atoms with van der Waals surface area (Å²) in [5.74, 6) is -0.114. The lowest BCUT2D eigenvalue weighted by molar-refractivity contribution is -0.131. The van der Waals surface area contributed by atoms with Gasteiger partial charge in [-0.15, -0.1) is 0 Å². The van der Waals surface area contributed by atoms with Gasteiger partial charge in [0.05, 0.1) is 6.10 Å². The standard InChI is InChI=1S/C14H28N2O4Si/c1-13(2,3)10(15-12(19)20-14(4,5)6)11(18)16-7-9(17)8-21-16/h9-10,17H,7-8,21H2,1-6H3,(H,15,19)/t9-,10+/m0/s1. The second-order valence-corrected chi connectivity index (χ2v) is 9.46. The van der Waals surface area contributed by atoms with E-state index in [1.54, 1.807) is 25.3 Å². The van der Waals surface area contributed by atoms with Crippen molar-refractivity contribution in [2.75, 3.05) is 6.54 Å². The summed E-state index contributed by atoms with van der Waals surface area (Å²) < 4.78 is 6.97. The largest absolute Gasteiger partial charge is 0.444 e. The number of carbonyl (C=O) groups excluding carboxylic acids is 2. The summed E-state index contributed by atoms with van der Waals surface area (Å²) >= 11 is 0. The van der Waals surface area contributed by atoms with Crippen molar-refractivity contribution in [2.45, 2.75) is 65.3 Å². The summed E-state index contributed by atoms with van der Waals surface area (Å²) in [4.78, 5) is 24.6. The van der Waals surface area contributed by atoms with Crippen molar-refractivity contribution in [3.8, 4) is 0 Å². The van der Waals surface area contributed by atoms with Crippen LogP contribution >= 0.6 is 0 Å². The molecule has 1 saturated heterocycles. The number of aliphatic hydroxyl groups is 1. The number of hydrogen-bond acceptors (Lipinski definition) is 4. The van der Waals surface area contributed by atoms with E-state index in [0.717, 1.165) is 6.04 Å². The van der Waals surface area contributed by atoms with Gasteiger partial charge in [-0.1, -0.05) is 20.8 Å². The van der Waals surface area contributed by atoms with Crippen LogP contribution in [0.3, 0.4) is 0 Å². The minimum absolute atomic E-state index is 0.114. The maximum absolute atomic E-state index is 12.6. The van der Waals surface area contributed by atoms with Crippen LogP contribution in [-0.4, -0.2) is 55.6 Å². The highest BCUT2D eigenvalue weighted by molar-refractivity contribution is 6.38. The van der Waals surface area contributed by atoms with Gasteiger partial charge in [-0.2, -0.15) is 0 Å². The predicted octanol–water partition coefficient (Wildman–Crippen LogP) is 0.631. The van der Waals surface area contributed by atoms with E-state index in [1.165, 1.54) is 0 Å². The average Bonchev–Trinajstić information content (AvgIpc) is 2.68. The Bertz CT molecular complexity index is 401. The second kappa shape index (κ2) is 6.35. The number of carbonyl (C=O) groups is 2. The molecule has 0 radical (unpaired) electrons. The lowest BCUT2D eigenvalue weighted by Gasteiger charge is -2.34. The van der Waals surface area contributed by atoms with Crippen LogP contribution in [0.5, 0.6) is 0 Å². The van der Waals surface area contributed by atoms with Crippen molar-refractivity contribution in [1.29, 1.82) is 0 Å². The van der Waals surface area contributed by atoms with Crippen molar-refractivity contribution in [1.82, 2.24) is 9.88 Å². The Morgan fingerprint density at radius 3 is 2.24 bits per heavy atom. The molecule has 2 N–H and O–H groups in total. The molecule has 21 heavy (non-hydrogen) atoms. The molecule has 0 bridgehead atoms. The van der Waals surface area contributed by atoms with Crippen LogP contribution in [0.15, 0.2) is 0 Å². The molecule has 1 rings (SSSR count). The van der Waals surface area contributed by atoms with Gasteiger partial charge < -0.3 is 19.7 Å². The Balaban J connectivity index is 2.77. The highest BCUT2D eigenvalue weighted by Gasteiger charge is 2.38. The molecule has 1 heterocycles. The predicted molar refractivity (Wildman–Crippen MR) is 83.7 cm³/mol. The van der Waals surface area contributed by atoms with Gasteiger partial charge in [0.25, 0.3) is 0 Å². The zero-order valence-electron chi connectivity index (χ0n) is 13.9. The molecule has 122 valence electrons. The van der Waals surface area contributed by atoms with Gasteiger partial charge in [0.1, 0.15) is 21.3 Å². The number of aliphatic hydroxyl groups excluding tert-OH is 1. The summed E-state index contributed by atoms with van der Waals surface area (Å²) in [5.41, 5.74) is -1.02. The lowest BCUT2D eigenvalue weighted by Crippen LogP contribution is -2.55. The Hall–Kier alpha value is -1.08. The van der Waals surface area contributed by atoms with Crippen molar-refractivity contribution in [2.24, 2.45) is 5.41 Å². The maximum atomic E-state index is 12.6. The third-order valence-corrected chi connectivity index (χ3v) is 5.28. The van der Waals surface area contributed by atoms with Crippen LogP contribution in [-0.2, 0) is 9.53 Å². The highest BCUT2D eigenvalue weighted by atomic mass is 28.2. The molecule has 2 atom stereocenters. The van der Waals surface area contributed by atoms with E-state index in [-0.39, 0.29) is 5.91 Å². The van der Waals surface area contributed by atoms with Gasteiger partial charge in [-0.3, -0.25) is 4.79 Å². The Labute approximate surface area is 129 Å². The molecule has 1 aliphatic rings. The first-order chi connectivity index (χ1) is 9.40. The number of rotatable bonds is 2. The zero-order chi connectivity index (χ0) is 16.4. The zero-order valence-corrected chi connectivity index (χ0v) is 15.3. The summed E-state index contributed by atoms with van der Waals surface area (Å²) in [6.07, 6.45) is -1.00. The van der Waals surface area contributed by atoms with Crippen molar-refractivity contribution < 1.29 is 19.4 Å². The molecular weight excluding hydrogens is 288 g/mol. The fourth-order valence-electron chi connectivity index (χ4n) is 2.20. The summed E-state index contributed by atoms with van der Waals surface area (Å²) in [6.45, 7) is 11.4. The molecule has 0 spiro atoms. The normalized spacial score (nSPS) is 22.2. The van der Waals surface area contributed by atoms with E-state index in [2.05, 4.69) is 5.32 Å². The fraction of sp³-hybridized carbons (Fsp3) is 0.857. The molecule has 0 aromatic rings. The van der Waals surface area contributed by atoms with Gasteiger partial charge in [0.2, 0.25) is 5.91 Å². The summed E-state index contributed by atoms with van der Waals surface area (Å²) in [5, 5.41) is 12.3. The first-order valence-electron chi connectivity index (χ1n) is 7.36. The molecule has 7 heteroatoms. The van der Waals surface area contributed by atoms with Gasteiger partial charge in [0, 0.05) is 6.54 Å². The van der Waals surface area contributed by atoms with Crippen LogP contribution in [0.1, 0.15) is 41.5 Å². The van der Waals surface area contributed by atoms with Gasteiger partial charge in [0.15, 0.2) is 0 Å². The molecule has 0 saturated carbocycles. The monoisotopic (exact) mass is 316 g/mol. The number of β-amino-alcohol motifs (C(OH)–C–C–N with tert-alkyl or cyclic N) is 1. The molecule has 0 unspecified atom stereocenters. The molecule has 0 aromatic heterocycles. The van der Waals surface area contributed by atoms with E-state index in [0.29, 0.717) is 6.54 Å². The van der Waals surface area contributed by atoms with E-state index in [1.807, 2.05) is 20.8 Å². The SMILES string of the molecule is CC(C)(C)OC(=O)N[C@H](C(=O)N1C[C@H](O)C[SiH2]1)C(C)(C)C. The van der Waals surface area contributed by atoms with Crippen molar-refractivity contribution in [3.05, 3.63) is 0 Å². The highest BCUT2D eigenvalue weighted by Crippen LogP contribution is 2.23. The van der Waals surface area contributed by atoms with E-state index in [9.17, 15) is 14.7 Å². The molecular formula is C14H28N2O4Si. The average molecular weight is 316 g/mol. The van der Waals surface area contributed by atoms with Crippen LogP contribution in [0.4, 0.5) is 4.79 Å². The van der Waals surface area contributed by atoms with E-state index >= 15 is 0 Å². The minimum Gasteiger partial charge on any atom is -0.444 e. The molecule has 6 nitrogen and oxygen atoms in total. The van der Waals surface area contributed by atoms with E-state index in [4.69, 9.17) is 4.74 Å². The fourth-order valence-corrected chi connectivity index (χ4v) is 3.87. The first-order valence-corrected chi connectivity index (χ1v) is 9.00. The number of nitrogens with zero attached hydrogens (tertiary/aromatic N) is 1. The third-order valence-electron chi connectivity index (χ3n) is 3.25. The summed E-state index contributed by atoms with van der Waals surface area (Å²) in [6, 6.07) is 0.0693. The van der Waals surface area contributed by atoms with Crippen molar-refractivity contribution >= 4 is 21.7 Å². The van der Waals surface area contributed by atoms with Crippen LogP contribution in [0.2, 0.25) is 6.04 Å². The Morgan fingerprint density at radius 1 is 1.29 bits per heavy atom. The van der Waals surface area contributed by atoms with Crippen LogP contribution in [0, 0.1) is 5.41 Å². The molecule has 1 fully saturated rings. The van der Waals surface area contributed by atoms with Crippen LogP contribution < -0.4 is 5.32 Å². The number of ether oxygens (including phenoxy) is 1. The van der Waals surface area contributed by atoms with Crippen LogP contribution in [0.25, 0.3) is 0 Å². The Kier molecular flexibility index (Phi) is 5.44. The van der Waals surface area contributed by atoms with Gasteiger partial charge in [-0.05, 0) is 32.2 Å². The maximum Gasteiger partial charge on any atom is 0.408 e. The first kappa shape index (κ1) is 18.0. The number of amides is 2. The second-order valence-electron chi connectivity index (χ2n) is 7.67. The van der Waals surface area contributed by atoms with E-state index < -0.39 is 38.9 Å². The number of alkyl carbamates (subject to hydrolysis) is 1. The van der Waals surface area contributed by atoms with Gasteiger partial charge >= 0.3 is 6.09 Å². The molecule has 0 aromatic carbocycles. The topological polar surface area (TPSA) is 78.9 Å². The number of nitrogens with one attached hydrogen (secondary N) is 1. The van der Waals surface area contributed by atoms with Gasteiger partial charge in [-0.25, -0.2) is 4.79 Å². The van der Waals surface area contributed by atoms with Crippen molar-refractivity contribution in [3.63, 3.8) is 0 Å². The minimum atomic E-state index is -0.764. The third kappa shape index (κ3) is 5.66. The molecule has 2 amide bonds. The molecule has 0 aliphatic carbocycles. The Morgan fingerprint density at radius 2 is 1.86 bits per heavy atom. The summed E-state index contributed by atoms with van der Waals surface area (Å²) in [7, 11) is -0.764. The quantitative estimate of drug-likeness (QED) is 0.733. The lowest BCUT2D eigenvalue weighted by atomic mass is 9.86. The number of hydrogen-bond donors (Lipinski definition) is 2. The molecule has 1 aliphatic heterocycles. The smallest absolute Gasteiger partial charge is 0.408 e.